The van der Waals surface area contributed by atoms with Gasteiger partial charge in [-0.3, -0.25) is 9.69 Å². The molecule has 0 bridgehead atoms. The van der Waals surface area contributed by atoms with Crippen LogP contribution in [0.3, 0.4) is 0 Å². The standard InChI is InChI=1S/C22H29F3N4O2/c23-22(24,25)31-20-3-1-2-19(16-20)29-14-12-28(13-15-29)11-9-17-4-6-18(7-5-17)27-21(30)8-10-26/h1-3,16-18H,4-9,11-15H2,(H,27,30). The Balaban J connectivity index is 1.36. The molecule has 1 amide bonds. The fourth-order valence-electron chi connectivity index (χ4n) is 4.42. The number of hydrogen-bond donors (Lipinski definition) is 1. The summed E-state index contributed by atoms with van der Waals surface area (Å²) in [6, 6.07) is 8.22. The molecule has 31 heavy (non-hydrogen) atoms. The van der Waals surface area contributed by atoms with E-state index >= 15 is 0 Å². The van der Waals surface area contributed by atoms with Crippen molar-refractivity contribution < 1.29 is 22.7 Å². The molecule has 0 aromatic heterocycles. The van der Waals surface area contributed by atoms with E-state index in [9.17, 15) is 18.0 Å². The first-order valence-electron chi connectivity index (χ1n) is 10.8. The van der Waals surface area contributed by atoms with Crippen molar-refractivity contribution in [1.82, 2.24) is 10.2 Å². The zero-order valence-corrected chi connectivity index (χ0v) is 17.5. The summed E-state index contributed by atoms with van der Waals surface area (Å²) in [6.45, 7) is 4.31. The van der Waals surface area contributed by atoms with Gasteiger partial charge in [-0.2, -0.15) is 5.26 Å². The maximum atomic E-state index is 12.4. The van der Waals surface area contributed by atoms with Crippen LogP contribution in [0.2, 0.25) is 0 Å². The van der Waals surface area contributed by atoms with E-state index in [0.717, 1.165) is 70.5 Å². The smallest absolute Gasteiger partial charge is 0.406 e. The van der Waals surface area contributed by atoms with Crippen molar-refractivity contribution in [3.8, 4) is 11.8 Å². The Morgan fingerprint density at radius 3 is 2.52 bits per heavy atom. The van der Waals surface area contributed by atoms with Gasteiger partial charge in [0.15, 0.2) is 0 Å². The summed E-state index contributed by atoms with van der Waals surface area (Å²) >= 11 is 0. The number of benzene rings is 1. The number of carbonyl (C=O) groups excluding carboxylic acids is 1. The van der Waals surface area contributed by atoms with E-state index in [1.807, 2.05) is 12.1 Å². The Hall–Kier alpha value is -2.47. The molecule has 1 aliphatic carbocycles. The number of anilines is 1. The van der Waals surface area contributed by atoms with E-state index in [4.69, 9.17) is 5.26 Å². The fourth-order valence-corrected chi connectivity index (χ4v) is 4.42. The van der Waals surface area contributed by atoms with Gasteiger partial charge in [0.1, 0.15) is 12.2 Å². The number of amides is 1. The second kappa shape index (κ2) is 10.7. The third-order valence-electron chi connectivity index (χ3n) is 6.09. The SMILES string of the molecule is N#CCC(=O)NC1CCC(CCN2CCN(c3cccc(OC(F)(F)F)c3)CC2)CC1. The van der Waals surface area contributed by atoms with Crippen LogP contribution in [0.5, 0.6) is 5.75 Å². The van der Waals surface area contributed by atoms with Crippen LogP contribution in [0.4, 0.5) is 18.9 Å². The van der Waals surface area contributed by atoms with E-state index in [1.165, 1.54) is 12.1 Å². The first kappa shape index (κ1) is 23.2. The molecule has 0 radical (unpaired) electrons. The highest BCUT2D eigenvalue weighted by atomic mass is 19.4. The predicted octanol–water partition coefficient (Wildman–Crippen LogP) is 3.69. The number of ether oxygens (including phenoxy) is 1. The summed E-state index contributed by atoms with van der Waals surface area (Å²) in [5, 5.41) is 11.5. The number of rotatable bonds is 7. The van der Waals surface area contributed by atoms with Gasteiger partial charge in [0.25, 0.3) is 0 Å². The normalized spacial score (nSPS) is 22.6. The van der Waals surface area contributed by atoms with E-state index in [2.05, 4.69) is 19.9 Å². The van der Waals surface area contributed by atoms with E-state index in [0.29, 0.717) is 5.92 Å². The second-order valence-corrected chi connectivity index (χ2v) is 8.28. The zero-order chi connectivity index (χ0) is 22.3. The number of nitriles is 1. The molecule has 0 unspecified atom stereocenters. The topological polar surface area (TPSA) is 68.6 Å². The number of piperazine rings is 1. The lowest BCUT2D eigenvalue weighted by Gasteiger charge is -2.37. The van der Waals surface area contributed by atoms with E-state index in [1.54, 1.807) is 6.07 Å². The van der Waals surface area contributed by atoms with Gasteiger partial charge in [0.05, 0.1) is 6.07 Å². The molecule has 9 heteroatoms. The molecule has 3 rings (SSSR count). The van der Waals surface area contributed by atoms with Crippen LogP contribution in [0.25, 0.3) is 0 Å². The summed E-state index contributed by atoms with van der Waals surface area (Å²) in [4.78, 5) is 16.0. The minimum absolute atomic E-state index is 0.0778. The largest absolute Gasteiger partial charge is 0.573 e. The highest BCUT2D eigenvalue weighted by Gasteiger charge is 2.31. The van der Waals surface area contributed by atoms with Crippen LogP contribution in [0.15, 0.2) is 24.3 Å². The van der Waals surface area contributed by atoms with Gasteiger partial charge in [-0.25, -0.2) is 0 Å². The molecule has 1 aromatic rings. The predicted molar refractivity (Wildman–Crippen MR) is 111 cm³/mol. The summed E-state index contributed by atoms with van der Waals surface area (Å²) < 4.78 is 41.3. The lowest BCUT2D eigenvalue weighted by molar-refractivity contribution is -0.274. The highest BCUT2D eigenvalue weighted by Crippen LogP contribution is 2.29. The molecule has 1 N–H and O–H groups in total. The summed E-state index contributed by atoms with van der Waals surface area (Å²) in [5.74, 6) is 0.282. The first-order valence-corrected chi connectivity index (χ1v) is 10.8. The van der Waals surface area contributed by atoms with Crippen molar-refractivity contribution in [3.05, 3.63) is 24.3 Å². The number of hydrogen-bond acceptors (Lipinski definition) is 5. The molecule has 1 saturated heterocycles. The minimum Gasteiger partial charge on any atom is -0.406 e. The van der Waals surface area contributed by atoms with Gasteiger partial charge in [0.2, 0.25) is 5.91 Å². The van der Waals surface area contributed by atoms with Crippen molar-refractivity contribution in [2.24, 2.45) is 5.92 Å². The van der Waals surface area contributed by atoms with Crippen molar-refractivity contribution in [1.29, 1.82) is 5.26 Å². The minimum atomic E-state index is -4.68. The average Bonchev–Trinajstić information content (AvgIpc) is 2.73. The summed E-state index contributed by atoms with van der Waals surface area (Å²) in [6.07, 6.45) is 0.461. The molecular weight excluding hydrogens is 409 g/mol. The monoisotopic (exact) mass is 438 g/mol. The number of halogens is 3. The van der Waals surface area contributed by atoms with Crippen LogP contribution in [0, 0.1) is 17.2 Å². The molecule has 1 aliphatic heterocycles. The van der Waals surface area contributed by atoms with E-state index < -0.39 is 6.36 Å². The Kier molecular flexibility index (Phi) is 8.02. The third kappa shape index (κ3) is 7.62. The molecule has 1 aromatic carbocycles. The fraction of sp³-hybridized carbons (Fsp3) is 0.636. The number of carbonyl (C=O) groups is 1. The molecule has 2 fully saturated rings. The van der Waals surface area contributed by atoms with Gasteiger partial charge in [-0.15, -0.1) is 13.2 Å². The molecule has 6 nitrogen and oxygen atoms in total. The van der Waals surface area contributed by atoms with Crippen molar-refractivity contribution in [2.45, 2.75) is 50.9 Å². The average molecular weight is 438 g/mol. The Labute approximate surface area is 180 Å². The van der Waals surface area contributed by atoms with Gasteiger partial charge >= 0.3 is 6.36 Å². The van der Waals surface area contributed by atoms with Gasteiger partial charge in [-0.05, 0) is 56.7 Å². The molecule has 170 valence electrons. The van der Waals surface area contributed by atoms with Crippen molar-refractivity contribution in [2.75, 3.05) is 37.6 Å². The molecule has 0 spiro atoms. The van der Waals surface area contributed by atoms with Gasteiger partial charge < -0.3 is 15.0 Å². The number of alkyl halides is 3. The third-order valence-corrected chi connectivity index (χ3v) is 6.09. The van der Waals surface area contributed by atoms with E-state index in [-0.39, 0.29) is 24.1 Å². The molecule has 1 saturated carbocycles. The molecule has 1 heterocycles. The second-order valence-electron chi connectivity index (χ2n) is 8.28. The van der Waals surface area contributed by atoms with Crippen molar-refractivity contribution in [3.63, 3.8) is 0 Å². The lowest BCUT2D eigenvalue weighted by Crippen LogP contribution is -2.47. The Morgan fingerprint density at radius 2 is 1.87 bits per heavy atom. The van der Waals surface area contributed by atoms with Crippen LogP contribution < -0.4 is 15.0 Å². The summed E-state index contributed by atoms with van der Waals surface area (Å²) in [7, 11) is 0. The van der Waals surface area contributed by atoms with Crippen LogP contribution in [-0.2, 0) is 4.79 Å². The van der Waals surface area contributed by atoms with Crippen LogP contribution >= 0.6 is 0 Å². The molecule has 2 aliphatic rings. The number of nitrogens with one attached hydrogen (secondary N) is 1. The molecule has 0 atom stereocenters. The first-order chi connectivity index (χ1) is 14.8. The maximum absolute atomic E-state index is 12.4. The molecular formula is C22H29F3N4O2. The van der Waals surface area contributed by atoms with Crippen LogP contribution in [-0.4, -0.2) is 55.9 Å². The Bertz CT molecular complexity index is 765. The van der Waals surface area contributed by atoms with Crippen LogP contribution in [0.1, 0.15) is 38.5 Å². The quantitative estimate of drug-likeness (QED) is 0.703. The Morgan fingerprint density at radius 1 is 1.16 bits per heavy atom. The summed E-state index contributed by atoms with van der Waals surface area (Å²) in [5.41, 5.74) is 0.748. The number of nitrogens with zero attached hydrogens (tertiary/aromatic N) is 3. The van der Waals surface area contributed by atoms with Crippen molar-refractivity contribution >= 4 is 11.6 Å². The zero-order valence-electron chi connectivity index (χ0n) is 17.5. The lowest BCUT2D eigenvalue weighted by atomic mass is 9.84. The highest BCUT2D eigenvalue weighted by molar-refractivity contribution is 5.78. The maximum Gasteiger partial charge on any atom is 0.573 e. The van der Waals surface area contributed by atoms with Gasteiger partial charge in [0, 0.05) is 44.0 Å². The van der Waals surface area contributed by atoms with Gasteiger partial charge in [-0.1, -0.05) is 6.07 Å².